The number of halogens is 1. The molecule has 0 radical (unpaired) electrons. The Hall–Kier alpha value is -1.07. The number of aryl methyl sites for hydroxylation is 1. The van der Waals surface area contributed by atoms with Gasteiger partial charge in [0.15, 0.2) is 0 Å². The third kappa shape index (κ3) is 3.28. The van der Waals surface area contributed by atoms with Crippen LogP contribution in [-0.2, 0) is 11.8 Å². The van der Waals surface area contributed by atoms with Gasteiger partial charge in [0.1, 0.15) is 6.04 Å². The van der Waals surface area contributed by atoms with E-state index < -0.39 is 0 Å². The summed E-state index contributed by atoms with van der Waals surface area (Å²) in [5, 5.41) is 7.22. The van der Waals surface area contributed by atoms with E-state index in [9.17, 15) is 4.79 Å². The molecule has 0 aromatic carbocycles. The molecule has 0 saturated carbocycles. The van der Waals surface area contributed by atoms with Gasteiger partial charge in [-0.25, -0.2) is 0 Å². The van der Waals surface area contributed by atoms with Crippen molar-refractivity contribution in [2.24, 2.45) is 18.9 Å². The molecule has 6 heteroatoms. The van der Waals surface area contributed by atoms with Gasteiger partial charge >= 0.3 is 0 Å². The largest absolute Gasteiger partial charge is 0.340 e. The van der Waals surface area contributed by atoms with Crippen LogP contribution in [0.15, 0.2) is 12.4 Å². The van der Waals surface area contributed by atoms with E-state index in [4.69, 9.17) is 0 Å². The third-order valence-corrected chi connectivity index (χ3v) is 3.89. The molecule has 1 aliphatic heterocycles. The topological polar surface area (TPSA) is 50.2 Å². The summed E-state index contributed by atoms with van der Waals surface area (Å²) >= 11 is 0. The average molecular weight is 287 g/mol. The SMILES string of the molecule is CNC(C(=O)N1CC(C)C(C)C1)c1cnn(C)c1.Cl. The van der Waals surface area contributed by atoms with Gasteiger partial charge in [-0.3, -0.25) is 9.48 Å². The molecule has 3 unspecified atom stereocenters. The molecular weight excluding hydrogens is 264 g/mol. The molecule has 108 valence electrons. The highest BCUT2D eigenvalue weighted by atomic mass is 35.5. The number of carbonyl (C=O) groups is 1. The fourth-order valence-corrected chi connectivity index (χ4v) is 2.51. The highest BCUT2D eigenvalue weighted by Crippen LogP contribution is 2.25. The number of amides is 1. The summed E-state index contributed by atoms with van der Waals surface area (Å²) in [7, 11) is 3.68. The first-order valence-corrected chi connectivity index (χ1v) is 6.47. The van der Waals surface area contributed by atoms with E-state index in [1.807, 2.05) is 25.2 Å². The first-order valence-electron chi connectivity index (χ1n) is 6.47. The second kappa shape index (κ2) is 6.39. The van der Waals surface area contributed by atoms with Crippen LogP contribution in [0.25, 0.3) is 0 Å². The van der Waals surface area contributed by atoms with Gasteiger partial charge in [0.25, 0.3) is 0 Å². The number of hydrogen-bond donors (Lipinski definition) is 1. The lowest BCUT2D eigenvalue weighted by atomic mass is 10.0. The van der Waals surface area contributed by atoms with Crippen LogP contribution in [-0.4, -0.2) is 40.7 Å². The minimum atomic E-state index is -0.281. The lowest BCUT2D eigenvalue weighted by Crippen LogP contribution is -2.38. The van der Waals surface area contributed by atoms with Crippen molar-refractivity contribution in [3.05, 3.63) is 18.0 Å². The smallest absolute Gasteiger partial charge is 0.244 e. The molecule has 2 rings (SSSR count). The Kier molecular flexibility index (Phi) is 5.38. The van der Waals surface area contributed by atoms with E-state index >= 15 is 0 Å². The molecule has 1 fully saturated rings. The summed E-state index contributed by atoms with van der Waals surface area (Å²) in [6, 6.07) is -0.281. The van der Waals surface area contributed by atoms with Crippen LogP contribution < -0.4 is 5.32 Å². The monoisotopic (exact) mass is 286 g/mol. The minimum absolute atomic E-state index is 0. The molecule has 3 atom stereocenters. The maximum absolute atomic E-state index is 12.5. The molecule has 1 amide bonds. The van der Waals surface area contributed by atoms with Gasteiger partial charge in [-0.1, -0.05) is 13.8 Å². The molecular formula is C13H23ClN4O. The number of nitrogens with zero attached hydrogens (tertiary/aromatic N) is 3. The van der Waals surface area contributed by atoms with Crippen molar-refractivity contribution in [1.29, 1.82) is 0 Å². The van der Waals surface area contributed by atoms with Crippen molar-refractivity contribution in [3.8, 4) is 0 Å². The number of hydrogen-bond acceptors (Lipinski definition) is 3. The number of rotatable bonds is 3. The van der Waals surface area contributed by atoms with Crippen LogP contribution in [0.1, 0.15) is 25.5 Å². The average Bonchev–Trinajstić information content (AvgIpc) is 2.88. The molecule has 1 aromatic rings. The first kappa shape index (κ1) is 16.0. The van der Waals surface area contributed by atoms with Gasteiger partial charge in [-0.2, -0.15) is 5.10 Å². The Balaban J connectivity index is 0.00000180. The number of likely N-dealkylation sites (tertiary alicyclic amines) is 1. The lowest BCUT2D eigenvalue weighted by molar-refractivity contribution is -0.132. The number of likely N-dealkylation sites (N-methyl/N-ethyl adjacent to an activating group) is 1. The quantitative estimate of drug-likeness (QED) is 0.909. The molecule has 1 N–H and O–H groups in total. The highest BCUT2D eigenvalue weighted by Gasteiger charge is 2.33. The van der Waals surface area contributed by atoms with Crippen molar-refractivity contribution in [2.75, 3.05) is 20.1 Å². The predicted octanol–water partition coefficient (Wildman–Crippen LogP) is 1.22. The summed E-state index contributed by atoms with van der Waals surface area (Å²) in [6.07, 6.45) is 3.64. The standard InChI is InChI=1S/C13H22N4O.ClH/c1-9-6-17(7-10(9)2)13(18)12(14-3)11-5-15-16(4)8-11;/h5,8-10,12,14H,6-7H2,1-4H3;1H. The summed E-state index contributed by atoms with van der Waals surface area (Å²) in [5.74, 6) is 1.32. The Bertz CT molecular complexity index is 424. The number of aromatic nitrogens is 2. The molecule has 0 spiro atoms. The molecule has 0 aliphatic carbocycles. The zero-order chi connectivity index (χ0) is 13.3. The second-order valence-corrected chi connectivity index (χ2v) is 5.37. The summed E-state index contributed by atoms with van der Waals surface area (Å²) < 4.78 is 1.72. The van der Waals surface area contributed by atoms with E-state index in [-0.39, 0.29) is 24.4 Å². The van der Waals surface area contributed by atoms with Gasteiger partial charge in [-0.15, -0.1) is 12.4 Å². The fourth-order valence-electron chi connectivity index (χ4n) is 2.51. The minimum Gasteiger partial charge on any atom is -0.340 e. The van der Waals surface area contributed by atoms with E-state index in [0.29, 0.717) is 11.8 Å². The summed E-state index contributed by atoms with van der Waals surface area (Å²) in [4.78, 5) is 14.5. The van der Waals surface area contributed by atoms with Crippen LogP contribution in [0.3, 0.4) is 0 Å². The van der Waals surface area contributed by atoms with E-state index in [0.717, 1.165) is 18.7 Å². The second-order valence-electron chi connectivity index (χ2n) is 5.37. The van der Waals surface area contributed by atoms with Gasteiger partial charge in [0, 0.05) is 31.9 Å². The van der Waals surface area contributed by atoms with Crippen molar-refractivity contribution >= 4 is 18.3 Å². The van der Waals surface area contributed by atoms with Crippen molar-refractivity contribution in [2.45, 2.75) is 19.9 Å². The maximum Gasteiger partial charge on any atom is 0.244 e. The lowest BCUT2D eigenvalue weighted by Gasteiger charge is -2.22. The Morgan fingerprint density at radius 3 is 2.42 bits per heavy atom. The Labute approximate surface area is 120 Å². The highest BCUT2D eigenvalue weighted by molar-refractivity contribution is 5.85. The molecule has 1 aliphatic rings. The Morgan fingerprint density at radius 2 is 2.00 bits per heavy atom. The predicted molar refractivity (Wildman–Crippen MR) is 77.2 cm³/mol. The van der Waals surface area contributed by atoms with Gasteiger partial charge < -0.3 is 10.2 Å². The molecule has 0 bridgehead atoms. The first-order chi connectivity index (χ1) is 8.52. The zero-order valence-electron chi connectivity index (χ0n) is 12.0. The van der Waals surface area contributed by atoms with Crippen LogP contribution in [0.2, 0.25) is 0 Å². The van der Waals surface area contributed by atoms with Crippen molar-refractivity contribution in [3.63, 3.8) is 0 Å². The van der Waals surface area contributed by atoms with Crippen molar-refractivity contribution < 1.29 is 4.79 Å². The molecule has 1 saturated heterocycles. The van der Waals surface area contributed by atoms with Gasteiger partial charge in [-0.05, 0) is 18.9 Å². The van der Waals surface area contributed by atoms with Crippen LogP contribution in [0, 0.1) is 11.8 Å². The van der Waals surface area contributed by atoms with Gasteiger partial charge in [0.2, 0.25) is 5.91 Å². The molecule has 2 heterocycles. The van der Waals surface area contributed by atoms with E-state index in [1.54, 1.807) is 10.9 Å². The molecule has 5 nitrogen and oxygen atoms in total. The summed E-state index contributed by atoms with van der Waals surface area (Å²) in [5.41, 5.74) is 0.928. The van der Waals surface area contributed by atoms with E-state index in [2.05, 4.69) is 24.3 Å². The van der Waals surface area contributed by atoms with Crippen molar-refractivity contribution in [1.82, 2.24) is 20.0 Å². The van der Waals surface area contributed by atoms with E-state index in [1.165, 1.54) is 0 Å². The molecule has 1 aromatic heterocycles. The number of carbonyl (C=O) groups excluding carboxylic acids is 1. The molecule has 19 heavy (non-hydrogen) atoms. The van der Waals surface area contributed by atoms with Crippen LogP contribution >= 0.6 is 12.4 Å². The van der Waals surface area contributed by atoms with Crippen LogP contribution in [0.5, 0.6) is 0 Å². The summed E-state index contributed by atoms with van der Waals surface area (Å²) in [6.45, 7) is 6.13. The maximum atomic E-state index is 12.5. The fraction of sp³-hybridized carbons (Fsp3) is 0.692. The number of nitrogens with one attached hydrogen (secondary N) is 1. The zero-order valence-corrected chi connectivity index (χ0v) is 12.8. The normalized spacial score (nSPS) is 24.1. The van der Waals surface area contributed by atoms with Crippen LogP contribution in [0.4, 0.5) is 0 Å². The third-order valence-electron chi connectivity index (χ3n) is 3.89. The van der Waals surface area contributed by atoms with Gasteiger partial charge in [0.05, 0.1) is 6.20 Å². The Morgan fingerprint density at radius 1 is 1.42 bits per heavy atom.